The van der Waals surface area contributed by atoms with Gasteiger partial charge in [0.05, 0.1) is 5.54 Å². The molecular formula is C19H21N5O5. The van der Waals surface area contributed by atoms with E-state index in [0.29, 0.717) is 23.7 Å². The first kappa shape index (κ1) is 18.8. The van der Waals surface area contributed by atoms with Crippen molar-refractivity contribution in [2.24, 2.45) is 7.05 Å². The monoisotopic (exact) mass is 399 g/mol. The van der Waals surface area contributed by atoms with Crippen LogP contribution in [-0.4, -0.2) is 32.2 Å². The Hall–Kier alpha value is -3.56. The minimum atomic E-state index is -0.618. The summed E-state index contributed by atoms with van der Waals surface area (Å²) in [7, 11) is 1.52. The first-order chi connectivity index (χ1) is 13.7. The number of nitrogens with one attached hydrogen (secondary N) is 3. The van der Waals surface area contributed by atoms with E-state index in [0.717, 1.165) is 5.56 Å². The lowest BCUT2D eigenvalue weighted by Crippen LogP contribution is -2.41. The second-order valence-corrected chi connectivity index (χ2v) is 7.44. The highest BCUT2D eigenvalue weighted by Crippen LogP contribution is 2.35. The van der Waals surface area contributed by atoms with Crippen molar-refractivity contribution in [3.8, 4) is 11.5 Å². The van der Waals surface area contributed by atoms with E-state index in [-0.39, 0.29) is 30.3 Å². The van der Waals surface area contributed by atoms with Crippen molar-refractivity contribution in [1.82, 2.24) is 24.8 Å². The van der Waals surface area contributed by atoms with Crippen molar-refractivity contribution in [3.63, 3.8) is 0 Å². The number of carbonyl (C=O) groups excluding carboxylic acids is 1. The number of H-pyrrole nitrogens is 2. The van der Waals surface area contributed by atoms with Gasteiger partial charge in [0.25, 0.3) is 5.56 Å². The van der Waals surface area contributed by atoms with Crippen LogP contribution in [-0.2, 0) is 23.8 Å². The molecule has 2 aromatic heterocycles. The highest BCUT2D eigenvalue weighted by Gasteiger charge is 2.25. The molecule has 0 aliphatic carbocycles. The molecule has 10 heteroatoms. The highest BCUT2D eigenvalue weighted by atomic mass is 16.7. The summed E-state index contributed by atoms with van der Waals surface area (Å²) < 4.78 is 12.0. The fraction of sp³-hybridized carbons (Fsp3) is 0.368. The molecule has 0 saturated heterocycles. The van der Waals surface area contributed by atoms with Gasteiger partial charge in [-0.2, -0.15) is 0 Å². The molecule has 1 aliphatic heterocycles. The topological polar surface area (TPSA) is 131 Å². The molecule has 0 unspecified atom stereocenters. The van der Waals surface area contributed by atoms with Crippen LogP contribution in [0.5, 0.6) is 11.5 Å². The number of aromatic nitrogens is 4. The molecule has 0 bridgehead atoms. The van der Waals surface area contributed by atoms with Crippen molar-refractivity contribution in [2.75, 3.05) is 6.79 Å². The van der Waals surface area contributed by atoms with E-state index in [1.54, 1.807) is 0 Å². The normalized spacial score (nSPS) is 13.1. The van der Waals surface area contributed by atoms with Gasteiger partial charge in [0.2, 0.25) is 12.7 Å². The Balaban J connectivity index is 1.45. The van der Waals surface area contributed by atoms with Crippen molar-refractivity contribution in [2.45, 2.75) is 32.2 Å². The van der Waals surface area contributed by atoms with E-state index in [4.69, 9.17) is 9.47 Å². The van der Waals surface area contributed by atoms with Gasteiger partial charge in [-0.1, -0.05) is 6.07 Å². The Labute approximate surface area is 164 Å². The summed E-state index contributed by atoms with van der Waals surface area (Å²) in [6, 6.07) is 5.57. The lowest BCUT2D eigenvalue weighted by molar-refractivity contribution is -0.122. The summed E-state index contributed by atoms with van der Waals surface area (Å²) in [5.74, 6) is 1.63. The molecule has 29 heavy (non-hydrogen) atoms. The largest absolute Gasteiger partial charge is 0.454 e. The summed E-state index contributed by atoms with van der Waals surface area (Å²) in [4.78, 5) is 45.4. The third-order valence-corrected chi connectivity index (χ3v) is 4.94. The molecule has 0 fully saturated rings. The number of hydrogen-bond acceptors (Lipinski definition) is 6. The van der Waals surface area contributed by atoms with Gasteiger partial charge >= 0.3 is 5.69 Å². The number of imidazole rings is 1. The average Bonchev–Trinajstić information content (AvgIpc) is 3.31. The Morgan fingerprint density at radius 3 is 2.79 bits per heavy atom. The molecule has 0 radical (unpaired) electrons. The van der Waals surface area contributed by atoms with Gasteiger partial charge in [-0.25, -0.2) is 9.78 Å². The zero-order valence-electron chi connectivity index (χ0n) is 16.3. The fourth-order valence-corrected chi connectivity index (χ4v) is 3.27. The predicted molar refractivity (Wildman–Crippen MR) is 104 cm³/mol. The highest BCUT2D eigenvalue weighted by molar-refractivity contribution is 5.77. The molecule has 152 valence electrons. The molecule has 1 aliphatic rings. The van der Waals surface area contributed by atoms with Gasteiger partial charge in [0.15, 0.2) is 17.1 Å². The number of fused-ring (bicyclic) bond motifs is 2. The van der Waals surface area contributed by atoms with Crippen LogP contribution in [0.2, 0.25) is 0 Å². The van der Waals surface area contributed by atoms with E-state index in [1.165, 1.54) is 11.6 Å². The van der Waals surface area contributed by atoms with E-state index in [1.807, 2.05) is 32.0 Å². The predicted octanol–water partition coefficient (Wildman–Crippen LogP) is 0.663. The molecule has 3 aromatic rings. The number of ether oxygens (including phenoxy) is 2. The van der Waals surface area contributed by atoms with Crippen LogP contribution < -0.4 is 26.0 Å². The first-order valence-electron chi connectivity index (χ1n) is 9.13. The number of aryl methyl sites for hydroxylation is 2. The Kier molecular flexibility index (Phi) is 4.40. The standard InChI is InChI=1S/C19H21N5O5/c1-19(2,10-4-5-11-12(8-10)29-9-28-11)23-14(25)7-6-13-20-15-16(21-13)24(3)18(27)22-17(15)26/h4-5,8H,6-7,9H2,1-3H3,(H,20,21)(H,23,25)(H,22,26,27). The van der Waals surface area contributed by atoms with E-state index in [9.17, 15) is 14.4 Å². The third kappa shape index (κ3) is 3.48. The number of rotatable bonds is 5. The summed E-state index contributed by atoms with van der Waals surface area (Å²) in [5, 5.41) is 3.00. The Morgan fingerprint density at radius 2 is 2.00 bits per heavy atom. The number of hydrogen-bond donors (Lipinski definition) is 3. The molecule has 3 heterocycles. The second kappa shape index (κ2) is 6.80. The minimum Gasteiger partial charge on any atom is -0.454 e. The second-order valence-electron chi connectivity index (χ2n) is 7.44. The summed E-state index contributed by atoms with van der Waals surface area (Å²) in [5.41, 5.74) is -0.329. The number of amides is 1. The average molecular weight is 399 g/mol. The molecule has 4 rings (SSSR count). The molecule has 1 aromatic carbocycles. The zero-order valence-corrected chi connectivity index (χ0v) is 16.3. The molecule has 0 atom stereocenters. The van der Waals surface area contributed by atoms with Crippen molar-refractivity contribution < 1.29 is 14.3 Å². The SMILES string of the molecule is Cn1c(=O)[nH]c(=O)c2[nH]c(CCC(=O)NC(C)(C)c3ccc4c(c3)OCO4)nc21. The van der Waals surface area contributed by atoms with Gasteiger partial charge in [-0.15, -0.1) is 0 Å². The Bertz CT molecular complexity index is 1220. The van der Waals surface area contributed by atoms with Crippen LogP contribution in [0.3, 0.4) is 0 Å². The molecule has 1 amide bonds. The fourth-order valence-electron chi connectivity index (χ4n) is 3.27. The van der Waals surface area contributed by atoms with Gasteiger partial charge < -0.3 is 19.8 Å². The van der Waals surface area contributed by atoms with Crippen LogP contribution in [0.25, 0.3) is 11.2 Å². The first-order valence-corrected chi connectivity index (χ1v) is 9.13. The van der Waals surface area contributed by atoms with Crippen LogP contribution in [0.1, 0.15) is 31.7 Å². The van der Waals surface area contributed by atoms with Gasteiger partial charge in [-0.3, -0.25) is 19.1 Å². The molecule has 0 saturated carbocycles. The lowest BCUT2D eigenvalue weighted by Gasteiger charge is -2.27. The van der Waals surface area contributed by atoms with Gasteiger partial charge in [0, 0.05) is 19.9 Å². The van der Waals surface area contributed by atoms with Crippen molar-refractivity contribution >= 4 is 17.1 Å². The zero-order chi connectivity index (χ0) is 20.8. The van der Waals surface area contributed by atoms with Crippen LogP contribution in [0, 0.1) is 0 Å². The summed E-state index contributed by atoms with van der Waals surface area (Å²) in [6.45, 7) is 4.00. The third-order valence-electron chi connectivity index (χ3n) is 4.94. The summed E-state index contributed by atoms with van der Waals surface area (Å²) in [6.07, 6.45) is 0.463. The van der Waals surface area contributed by atoms with Crippen LogP contribution >= 0.6 is 0 Å². The number of aromatic amines is 2. The van der Waals surface area contributed by atoms with Crippen molar-refractivity contribution in [3.05, 3.63) is 50.4 Å². The van der Waals surface area contributed by atoms with Crippen molar-refractivity contribution in [1.29, 1.82) is 0 Å². The quantitative estimate of drug-likeness (QED) is 0.578. The minimum absolute atomic E-state index is 0.166. The molecular weight excluding hydrogens is 378 g/mol. The van der Waals surface area contributed by atoms with Crippen LogP contribution in [0.4, 0.5) is 0 Å². The maximum absolute atomic E-state index is 12.5. The molecule has 3 N–H and O–H groups in total. The van der Waals surface area contributed by atoms with E-state index < -0.39 is 16.8 Å². The number of nitrogens with zero attached hydrogens (tertiary/aromatic N) is 2. The number of benzene rings is 1. The number of carbonyl (C=O) groups is 1. The van der Waals surface area contributed by atoms with E-state index in [2.05, 4.69) is 20.3 Å². The maximum Gasteiger partial charge on any atom is 0.329 e. The van der Waals surface area contributed by atoms with Gasteiger partial charge in [0.1, 0.15) is 11.3 Å². The maximum atomic E-state index is 12.5. The molecule has 0 spiro atoms. The van der Waals surface area contributed by atoms with Gasteiger partial charge in [-0.05, 0) is 31.5 Å². The lowest BCUT2D eigenvalue weighted by atomic mass is 9.93. The van der Waals surface area contributed by atoms with E-state index >= 15 is 0 Å². The smallest absolute Gasteiger partial charge is 0.329 e. The summed E-state index contributed by atoms with van der Waals surface area (Å²) >= 11 is 0. The molecule has 10 nitrogen and oxygen atoms in total. The van der Waals surface area contributed by atoms with Crippen LogP contribution in [0.15, 0.2) is 27.8 Å². The Morgan fingerprint density at radius 1 is 1.24 bits per heavy atom.